The highest BCUT2D eigenvalue weighted by Crippen LogP contribution is 2.23. The van der Waals surface area contributed by atoms with E-state index < -0.39 is 0 Å². The van der Waals surface area contributed by atoms with Gasteiger partial charge in [0.05, 0.1) is 0 Å². The zero-order valence-corrected chi connectivity index (χ0v) is 11.2. The maximum atomic E-state index is 11.9. The minimum absolute atomic E-state index is 0.0839. The van der Waals surface area contributed by atoms with Crippen molar-refractivity contribution in [2.75, 3.05) is 5.32 Å². The van der Waals surface area contributed by atoms with Crippen molar-refractivity contribution in [2.24, 2.45) is 5.92 Å². The number of carbonyl (C=O) groups is 1. The summed E-state index contributed by atoms with van der Waals surface area (Å²) in [4.78, 5) is 11.9. The molecule has 2 atom stereocenters. The zero-order chi connectivity index (χ0) is 13.0. The monoisotopic (exact) mass is 246 g/mol. The van der Waals surface area contributed by atoms with Crippen LogP contribution in [0.1, 0.15) is 38.2 Å². The summed E-state index contributed by atoms with van der Waals surface area (Å²) in [6.45, 7) is 4.24. The molecule has 0 spiro atoms. The van der Waals surface area contributed by atoms with E-state index in [0.29, 0.717) is 12.0 Å². The normalized spacial score (nSPS) is 23.4. The van der Waals surface area contributed by atoms with Crippen LogP contribution in [0.5, 0.6) is 0 Å². The van der Waals surface area contributed by atoms with Crippen molar-refractivity contribution in [2.45, 2.75) is 45.6 Å². The zero-order valence-electron chi connectivity index (χ0n) is 11.2. The first-order valence-electron chi connectivity index (χ1n) is 6.79. The minimum Gasteiger partial charge on any atom is -0.335 e. The molecular formula is C15H22N2O. The molecule has 1 aliphatic rings. The molecular weight excluding hydrogens is 224 g/mol. The van der Waals surface area contributed by atoms with E-state index in [2.05, 4.69) is 17.6 Å². The number of urea groups is 1. The van der Waals surface area contributed by atoms with Gasteiger partial charge in [0.2, 0.25) is 0 Å². The van der Waals surface area contributed by atoms with Crippen LogP contribution in [0.2, 0.25) is 0 Å². The Labute approximate surface area is 109 Å². The van der Waals surface area contributed by atoms with Gasteiger partial charge in [0.15, 0.2) is 0 Å². The van der Waals surface area contributed by atoms with Gasteiger partial charge in [-0.15, -0.1) is 0 Å². The fourth-order valence-electron chi connectivity index (χ4n) is 2.59. The fraction of sp³-hybridized carbons (Fsp3) is 0.533. The van der Waals surface area contributed by atoms with Gasteiger partial charge in [-0.1, -0.05) is 31.9 Å². The lowest BCUT2D eigenvalue weighted by molar-refractivity contribution is 0.232. The number of aryl methyl sites for hydroxylation is 1. The Morgan fingerprint density at radius 2 is 2.06 bits per heavy atom. The fourth-order valence-corrected chi connectivity index (χ4v) is 2.59. The SMILES string of the molecule is Cc1cccc(NC(=O)NC2CCCCC2C)c1. The van der Waals surface area contributed by atoms with E-state index in [1.54, 1.807) is 0 Å². The third-order valence-electron chi connectivity index (χ3n) is 3.70. The number of anilines is 1. The maximum Gasteiger partial charge on any atom is 0.319 e. The predicted molar refractivity (Wildman–Crippen MR) is 74.8 cm³/mol. The number of hydrogen-bond acceptors (Lipinski definition) is 1. The second-order valence-corrected chi connectivity index (χ2v) is 5.34. The van der Waals surface area contributed by atoms with E-state index >= 15 is 0 Å². The summed E-state index contributed by atoms with van der Waals surface area (Å²) in [5.41, 5.74) is 2.01. The van der Waals surface area contributed by atoms with Crippen molar-refractivity contribution in [3.8, 4) is 0 Å². The van der Waals surface area contributed by atoms with Gasteiger partial charge in [0.1, 0.15) is 0 Å². The molecule has 98 valence electrons. The van der Waals surface area contributed by atoms with E-state index in [1.807, 2.05) is 31.2 Å². The molecule has 1 aliphatic carbocycles. The van der Waals surface area contributed by atoms with Crippen LogP contribution in [0.4, 0.5) is 10.5 Å². The number of hydrogen-bond donors (Lipinski definition) is 2. The third kappa shape index (κ3) is 3.49. The highest BCUT2D eigenvalue weighted by molar-refractivity contribution is 5.89. The van der Waals surface area contributed by atoms with Crippen molar-refractivity contribution in [1.29, 1.82) is 0 Å². The van der Waals surface area contributed by atoms with E-state index in [0.717, 1.165) is 17.7 Å². The van der Waals surface area contributed by atoms with E-state index in [9.17, 15) is 4.79 Å². The molecule has 1 aromatic carbocycles. The molecule has 0 aliphatic heterocycles. The molecule has 1 aromatic rings. The van der Waals surface area contributed by atoms with Gasteiger partial charge in [0.25, 0.3) is 0 Å². The molecule has 2 unspecified atom stereocenters. The number of nitrogens with one attached hydrogen (secondary N) is 2. The summed E-state index contributed by atoms with van der Waals surface area (Å²) in [6.07, 6.45) is 4.83. The second kappa shape index (κ2) is 5.89. The van der Waals surface area contributed by atoms with Crippen LogP contribution in [0, 0.1) is 12.8 Å². The van der Waals surface area contributed by atoms with Gasteiger partial charge in [-0.2, -0.15) is 0 Å². The summed E-state index contributed by atoms with van der Waals surface area (Å²) in [6, 6.07) is 8.10. The highest BCUT2D eigenvalue weighted by atomic mass is 16.2. The maximum absolute atomic E-state index is 11.9. The van der Waals surface area contributed by atoms with Gasteiger partial charge in [-0.3, -0.25) is 0 Å². The second-order valence-electron chi connectivity index (χ2n) is 5.34. The molecule has 2 amide bonds. The first-order chi connectivity index (χ1) is 8.65. The summed E-state index contributed by atoms with van der Waals surface area (Å²) in [7, 11) is 0. The van der Waals surface area contributed by atoms with Crippen LogP contribution in [0.15, 0.2) is 24.3 Å². The molecule has 0 bridgehead atoms. The summed E-state index contributed by atoms with van der Waals surface area (Å²) >= 11 is 0. The summed E-state index contributed by atoms with van der Waals surface area (Å²) in [5.74, 6) is 0.585. The summed E-state index contributed by atoms with van der Waals surface area (Å²) in [5, 5.41) is 5.99. The van der Waals surface area contributed by atoms with Crippen molar-refractivity contribution < 1.29 is 4.79 Å². The Hall–Kier alpha value is -1.51. The Bertz CT molecular complexity index is 417. The molecule has 0 saturated heterocycles. The van der Waals surface area contributed by atoms with Gasteiger partial charge < -0.3 is 10.6 Å². The van der Waals surface area contributed by atoms with Gasteiger partial charge in [-0.05, 0) is 43.4 Å². The average Bonchev–Trinajstić information content (AvgIpc) is 2.32. The van der Waals surface area contributed by atoms with Crippen LogP contribution >= 0.6 is 0 Å². The topological polar surface area (TPSA) is 41.1 Å². The van der Waals surface area contributed by atoms with Crippen LogP contribution < -0.4 is 10.6 Å². The first-order valence-corrected chi connectivity index (χ1v) is 6.79. The summed E-state index contributed by atoms with van der Waals surface area (Å²) < 4.78 is 0. The minimum atomic E-state index is -0.0839. The predicted octanol–water partition coefficient (Wildman–Crippen LogP) is 3.70. The Morgan fingerprint density at radius 1 is 1.28 bits per heavy atom. The van der Waals surface area contributed by atoms with E-state index in [-0.39, 0.29) is 6.03 Å². The smallest absolute Gasteiger partial charge is 0.319 e. The Kier molecular flexibility index (Phi) is 4.24. The molecule has 3 heteroatoms. The molecule has 3 nitrogen and oxygen atoms in total. The molecule has 0 radical (unpaired) electrons. The third-order valence-corrected chi connectivity index (χ3v) is 3.70. The molecule has 1 fully saturated rings. The lowest BCUT2D eigenvalue weighted by atomic mass is 9.86. The van der Waals surface area contributed by atoms with Crippen molar-refractivity contribution in [3.05, 3.63) is 29.8 Å². The number of carbonyl (C=O) groups excluding carboxylic acids is 1. The van der Waals surface area contributed by atoms with E-state index in [1.165, 1.54) is 19.3 Å². The number of benzene rings is 1. The van der Waals surface area contributed by atoms with Crippen molar-refractivity contribution >= 4 is 11.7 Å². The number of amides is 2. The quantitative estimate of drug-likeness (QED) is 0.821. The molecule has 18 heavy (non-hydrogen) atoms. The molecule has 0 heterocycles. The Balaban J connectivity index is 1.88. The molecule has 2 N–H and O–H groups in total. The average molecular weight is 246 g/mol. The van der Waals surface area contributed by atoms with Crippen LogP contribution in [0.25, 0.3) is 0 Å². The highest BCUT2D eigenvalue weighted by Gasteiger charge is 2.22. The van der Waals surface area contributed by atoms with Gasteiger partial charge >= 0.3 is 6.03 Å². The van der Waals surface area contributed by atoms with Crippen LogP contribution in [-0.4, -0.2) is 12.1 Å². The standard InChI is InChI=1S/C15H22N2O/c1-11-6-5-8-13(10-11)16-15(18)17-14-9-4-3-7-12(14)2/h5-6,8,10,12,14H,3-4,7,9H2,1-2H3,(H2,16,17,18). The molecule has 1 saturated carbocycles. The Morgan fingerprint density at radius 3 is 2.78 bits per heavy atom. The van der Waals surface area contributed by atoms with Crippen LogP contribution in [0.3, 0.4) is 0 Å². The lowest BCUT2D eigenvalue weighted by Crippen LogP contribution is -2.43. The van der Waals surface area contributed by atoms with Crippen molar-refractivity contribution in [3.63, 3.8) is 0 Å². The van der Waals surface area contributed by atoms with Crippen LogP contribution in [-0.2, 0) is 0 Å². The largest absolute Gasteiger partial charge is 0.335 e. The lowest BCUT2D eigenvalue weighted by Gasteiger charge is -2.29. The van der Waals surface area contributed by atoms with Gasteiger partial charge in [-0.25, -0.2) is 4.79 Å². The van der Waals surface area contributed by atoms with Crippen molar-refractivity contribution in [1.82, 2.24) is 5.32 Å². The molecule has 2 rings (SSSR count). The number of rotatable bonds is 2. The first kappa shape index (κ1) is 12.9. The van der Waals surface area contributed by atoms with Gasteiger partial charge in [0, 0.05) is 11.7 Å². The van der Waals surface area contributed by atoms with E-state index in [4.69, 9.17) is 0 Å². The molecule has 0 aromatic heterocycles.